The molecule has 0 spiro atoms. The molecule has 0 aromatic carbocycles. The smallest absolute Gasteiger partial charge is 0.240 e. The van der Waals surface area contributed by atoms with Gasteiger partial charge in [0.15, 0.2) is 0 Å². The number of likely N-dealkylation sites (N-methyl/N-ethyl adjacent to an activating group) is 1. The Morgan fingerprint density at radius 3 is 3.06 bits per heavy atom. The molecule has 1 saturated carbocycles. The second-order valence-electron chi connectivity index (χ2n) is 5.25. The first-order valence-corrected chi connectivity index (χ1v) is 6.49. The fourth-order valence-corrected chi connectivity index (χ4v) is 2.81. The van der Waals surface area contributed by atoms with Crippen LogP contribution < -0.4 is 5.32 Å². The number of hydrogen-bond donors (Lipinski definition) is 1. The molecule has 1 N–H and O–H groups in total. The predicted molar refractivity (Wildman–Crippen MR) is 66.5 cm³/mol. The van der Waals surface area contributed by atoms with E-state index in [1.165, 1.54) is 12.7 Å². The van der Waals surface area contributed by atoms with Gasteiger partial charge in [-0.3, -0.25) is 4.79 Å². The second kappa shape index (κ2) is 4.65. The quantitative estimate of drug-likeness (QED) is 0.840. The van der Waals surface area contributed by atoms with E-state index in [-0.39, 0.29) is 11.9 Å². The summed E-state index contributed by atoms with van der Waals surface area (Å²) in [6.07, 6.45) is 5.51. The Labute approximate surface area is 107 Å². The van der Waals surface area contributed by atoms with Crippen LogP contribution in [0.5, 0.6) is 0 Å². The molecule has 5 heteroatoms. The van der Waals surface area contributed by atoms with Crippen molar-refractivity contribution in [3.63, 3.8) is 0 Å². The molecule has 2 aliphatic rings. The minimum atomic E-state index is -0.0238. The van der Waals surface area contributed by atoms with Gasteiger partial charge in [-0.25, -0.2) is 9.97 Å². The lowest BCUT2D eigenvalue weighted by Crippen LogP contribution is -2.44. The molecule has 1 saturated heterocycles. The van der Waals surface area contributed by atoms with Gasteiger partial charge in [-0.05, 0) is 37.8 Å². The summed E-state index contributed by atoms with van der Waals surface area (Å²) < 4.78 is 0. The molecule has 3 atom stereocenters. The van der Waals surface area contributed by atoms with E-state index in [0.29, 0.717) is 12.5 Å². The van der Waals surface area contributed by atoms with Gasteiger partial charge in [-0.1, -0.05) is 0 Å². The summed E-state index contributed by atoms with van der Waals surface area (Å²) in [6.45, 7) is 1.48. The van der Waals surface area contributed by atoms with Gasteiger partial charge in [-0.2, -0.15) is 0 Å². The van der Waals surface area contributed by atoms with Crippen LogP contribution in [-0.4, -0.2) is 40.4 Å². The molecule has 3 unspecified atom stereocenters. The van der Waals surface area contributed by atoms with Crippen LogP contribution in [0, 0.1) is 11.8 Å². The van der Waals surface area contributed by atoms with Crippen molar-refractivity contribution >= 4 is 5.91 Å². The van der Waals surface area contributed by atoms with Crippen LogP contribution in [0.4, 0.5) is 0 Å². The average molecular weight is 246 g/mol. The molecule has 5 nitrogen and oxygen atoms in total. The Kier molecular flexibility index (Phi) is 2.99. The van der Waals surface area contributed by atoms with Crippen molar-refractivity contribution in [2.24, 2.45) is 11.8 Å². The van der Waals surface area contributed by atoms with Gasteiger partial charge in [0.2, 0.25) is 5.91 Å². The highest BCUT2D eigenvalue weighted by molar-refractivity contribution is 5.82. The number of amides is 1. The van der Waals surface area contributed by atoms with E-state index < -0.39 is 0 Å². The first-order valence-electron chi connectivity index (χ1n) is 6.49. The minimum absolute atomic E-state index is 0.0238. The Hall–Kier alpha value is -1.49. The Morgan fingerprint density at radius 2 is 2.33 bits per heavy atom. The SMILES string of the molecule is CNC1CC2CC2CN(Cc2ccncn2)C1=O. The van der Waals surface area contributed by atoms with Crippen molar-refractivity contribution < 1.29 is 4.79 Å². The average Bonchev–Trinajstić information content (AvgIpc) is 3.14. The number of aromatic nitrogens is 2. The van der Waals surface area contributed by atoms with Crippen molar-refractivity contribution in [1.29, 1.82) is 0 Å². The predicted octanol–water partition coefficient (Wildman–Crippen LogP) is 0.433. The van der Waals surface area contributed by atoms with Gasteiger partial charge >= 0.3 is 0 Å². The van der Waals surface area contributed by atoms with Gasteiger partial charge in [0, 0.05) is 12.7 Å². The van der Waals surface area contributed by atoms with E-state index in [2.05, 4.69) is 15.3 Å². The van der Waals surface area contributed by atoms with Crippen LogP contribution in [-0.2, 0) is 11.3 Å². The number of fused-ring (bicyclic) bond motifs is 1. The molecule has 0 bridgehead atoms. The molecule has 1 aliphatic carbocycles. The van der Waals surface area contributed by atoms with E-state index in [1.807, 2.05) is 18.0 Å². The highest BCUT2D eigenvalue weighted by Crippen LogP contribution is 2.44. The molecule has 1 aliphatic heterocycles. The van der Waals surface area contributed by atoms with Crippen molar-refractivity contribution in [3.8, 4) is 0 Å². The molecular formula is C13H18N4O. The number of nitrogens with one attached hydrogen (secondary N) is 1. The summed E-state index contributed by atoms with van der Waals surface area (Å²) in [5.41, 5.74) is 0.910. The lowest BCUT2D eigenvalue weighted by atomic mass is 10.1. The van der Waals surface area contributed by atoms with E-state index in [0.717, 1.165) is 24.6 Å². The zero-order valence-electron chi connectivity index (χ0n) is 10.5. The fraction of sp³-hybridized carbons (Fsp3) is 0.615. The zero-order chi connectivity index (χ0) is 12.5. The standard InChI is InChI=1S/C13H18N4O/c1-14-12-5-9-4-10(9)6-17(13(12)18)7-11-2-3-15-8-16-11/h2-3,8-10,12,14H,4-7H2,1H3. The topological polar surface area (TPSA) is 58.1 Å². The van der Waals surface area contributed by atoms with Crippen LogP contribution in [0.3, 0.4) is 0 Å². The summed E-state index contributed by atoms with van der Waals surface area (Å²) in [4.78, 5) is 22.4. The molecule has 1 aromatic rings. The van der Waals surface area contributed by atoms with Crippen LogP contribution >= 0.6 is 0 Å². The van der Waals surface area contributed by atoms with Gasteiger partial charge in [0.05, 0.1) is 18.3 Å². The molecule has 1 aromatic heterocycles. The second-order valence-corrected chi connectivity index (χ2v) is 5.25. The third kappa shape index (κ3) is 2.22. The monoisotopic (exact) mass is 246 g/mol. The maximum absolute atomic E-state index is 12.4. The van der Waals surface area contributed by atoms with Crippen LogP contribution in [0.1, 0.15) is 18.5 Å². The maximum atomic E-state index is 12.4. The molecule has 0 radical (unpaired) electrons. The summed E-state index contributed by atoms with van der Waals surface area (Å²) >= 11 is 0. The Bertz CT molecular complexity index is 436. The minimum Gasteiger partial charge on any atom is -0.335 e. The highest BCUT2D eigenvalue weighted by Gasteiger charge is 2.45. The third-order valence-electron chi connectivity index (χ3n) is 4.02. The number of rotatable bonds is 3. The van der Waals surface area contributed by atoms with E-state index in [9.17, 15) is 4.79 Å². The van der Waals surface area contributed by atoms with Crippen molar-refractivity contribution in [2.45, 2.75) is 25.4 Å². The normalized spacial score (nSPS) is 30.8. The maximum Gasteiger partial charge on any atom is 0.240 e. The molecule has 1 amide bonds. The Balaban J connectivity index is 1.75. The van der Waals surface area contributed by atoms with Crippen molar-refractivity contribution in [2.75, 3.05) is 13.6 Å². The third-order valence-corrected chi connectivity index (χ3v) is 4.02. The van der Waals surface area contributed by atoms with Gasteiger partial charge < -0.3 is 10.2 Å². The van der Waals surface area contributed by atoms with Crippen LogP contribution in [0.2, 0.25) is 0 Å². The largest absolute Gasteiger partial charge is 0.335 e. The molecule has 96 valence electrons. The number of carbonyl (C=O) groups is 1. The van der Waals surface area contributed by atoms with Gasteiger partial charge in [0.25, 0.3) is 0 Å². The fourth-order valence-electron chi connectivity index (χ4n) is 2.81. The van der Waals surface area contributed by atoms with Crippen LogP contribution in [0.15, 0.2) is 18.6 Å². The molecule has 2 heterocycles. The Morgan fingerprint density at radius 1 is 1.44 bits per heavy atom. The van der Waals surface area contributed by atoms with Crippen molar-refractivity contribution in [3.05, 3.63) is 24.3 Å². The van der Waals surface area contributed by atoms with Crippen molar-refractivity contribution in [1.82, 2.24) is 20.2 Å². The van der Waals surface area contributed by atoms with E-state index in [1.54, 1.807) is 6.20 Å². The molecular weight excluding hydrogens is 228 g/mol. The van der Waals surface area contributed by atoms with Crippen LogP contribution in [0.25, 0.3) is 0 Å². The summed E-state index contributed by atoms with van der Waals surface area (Å²) in [5, 5.41) is 3.14. The van der Waals surface area contributed by atoms with E-state index in [4.69, 9.17) is 0 Å². The number of carbonyl (C=O) groups excluding carboxylic acids is 1. The molecule has 3 rings (SSSR count). The van der Waals surface area contributed by atoms with E-state index >= 15 is 0 Å². The van der Waals surface area contributed by atoms with Gasteiger partial charge in [0.1, 0.15) is 6.33 Å². The summed E-state index contributed by atoms with van der Waals surface area (Å²) in [6, 6.07) is 1.85. The summed E-state index contributed by atoms with van der Waals surface area (Å²) in [7, 11) is 1.87. The number of nitrogens with zero attached hydrogens (tertiary/aromatic N) is 3. The summed E-state index contributed by atoms with van der Waals surface area (Å²) in [5.74, 6) is 1.65. The lowest BCUT2D eigenvalue weighted by molar-refractivity contribution is -0.133. The first-order chi connectivity index (χ1) is 8.78. The molecule has 18 heavy (non-hydrogen) atoms. The zero-order valence-corrected chi connectivity index (χ0v) is 10.5. The number of likely N-dealkylation sites (tertiary alicyclic amines) is 1. The highest BCUT2D eigenvalue weighted by atomic mass is 16.2. The first kappa shape index (κ1) is 11.6. The molecule has 2 fully saturated rings. The van der Waals surface area contributed by atoms with Gasteiger partial charge in [-0.15, -0.1) is 0 Å². The number of hydrogen-bond acceptors (Lipinski definition) is 4. The lowest BCUT2D eigenvalue weighted by Gasteiger charge is -2.24.